The van der Waals surface area contributed by atoms with Crippen molar-refractivity contribution in [2.45, 2.75) is 12.6 Å². The first kappa shape index (κ1) is 10.4. The molecule has 1 aromatic heterocycles. The van der Waals surface area contributed by atoms with Crippen LogP contribution in [0.3, 0.4) is 0 Å². The van der Waals surface area contributed by atoms with Crippen molar-refractivity contribution < 1.29 is 17.6 Å². The second-order valence-electron chi connectivity index (χ2n) is 2.47. The Morgan fingerprint density at radius 1 is 1.36 bits per heavy atom. The lowest BCUT2D eigenvalue weighted by atomic mass is 10.2. The van der Waals surface area contributed by atoms with Gasteiger partial charge >= 0.3 is 6.18 Å². The zero-order valence-corrected chi connectivity index (χ0v) is 6.77. The highest BCUT2D eigenvalue weighted by atomic mass is 19.4. The SMILES string of the molecule is N#CCc1ccc(F)c(C(F)(F)F)n1. The molecule has 1 aromatic rings. The Balaban J connectivity index is 3.17. The van der Waals surface area contributed by atoms with Crippen LogP contribution in [-0.4, -0.2) is 4.98 Å². The lowest BCUT2D eigenvalue weighted by Crippen LogP contribution is -2.12. The van der Waals surface area contributed by atoms with E-state index in [1.54, 1.807) is 6.07 Å². The number of nitrogens with zero attached hydrogens (tertiary/aromatic N) is 2. The lowest BCUT2D eigenvalue weighted by molar-refractivity contribution is -0.143. The first-order valence-electron chi connectivity index (χ1n) is 3.54. The molecule has 0 N–H and O–H groups in total. The van der Waals surface area contributed by atoms with Crippen molar-refractivity contribution in [2.24, 2.45) is 0 Å². The molecule has 0 atom stereocenters. The van der Waals surface area contributed by atoms with E-state index in [4.69, 9.17) is 5.26 Å². The van der Waals surface area contributed by atoms with Gasteiger partial charge in [0.15, 0.2) is 11.5 Å². The molecule has 6 heteroatoms. The van der Waals surface area contributed by atoms with E-state index in [2.05, 4.69) is 4.98 Å². The fraction of sp³-hybridized carbons (Fsp3) is 0.250. The molecule has 1 rings (SSSR count). The number of pyridine rings is 1. The third kappa shape index (κ3) is 2.19. The Bertz CT molecular complexity index is 378. The van der Waals surface area contributed by atoms with Gasteiger partial charge in [-0.3, -0.25) is 0 Å². The van der Waals surface area contributed by atoms with Crippen LogP contribution in [0.25, 0.3) is 0 Å². The summed E-state index contributed by atoms with van der Waals surface area (Å²) in [4.78, 5) is 3.01. The number of nitriles is 1. The smallest absolute Gasteiger partial charge is 0.244 e. The third-order valence-corrected chi connectivity index (χ3v) is 1.43. The van der Waals surface area contributed by atoms with Crippen molar-refractivity contribution in [1.29, 1.82) is 5.26 Å². The molecule has 0 bridgehead atoms. The van der Waals surface area contributed by atoms with Gasteiger partial charge in [0.2, 0.25) is 0 Å². The lowest BCUT2D eigenvalue weighted by Gasteiger charge is -2.07. The number of aromatic nitrogens is 1. The maximum atomic E-state index is 12.6. The molecule has 0 aliphatic rings. The molecule has 0 radical (unpaired) electrons. The van der Waals surface area contributed by atoms with Gasteiger partial charge in [0.25, 0.3) is 0 Å². The van der Waals surface area contributed by atoms with Crippen LogP contribution in [0.4, 0.5) is 17.6 Å². The fourth-order valence-electron chi connectivity index (χ4n) is 0.861. The predicted molar refractivity (Wildman–Crippen MR) is 38.5 cm³/mol. The number of halogens is 4. The molecule has 0 unspecified atom stereocenters. The van der Waals surface area contributed by atoms with Crippen LogP contribution in [-0.2, 0) is 12.6 Å². The Hall–Kier alpha value is -1.64. The molecule has 0 saturated carbocycles. The molecule has 14 heavy (non-hydrogen) atoms. The molecule has 0 aliphatic carbocycles. The van der Waals surface area contributed by atoms with Gasteiger partial charge in [-0.1, -0.05) is 0 Å². The van der Waals surface area contributed by atoms with Crippen LogP contribution in [0.15, 0.2) is 12.1 Å². The Morgan fingerprint density at radius 2 is 2.00 bits per heavy atom. The highest BCUT2D eigenvalue weighted by molar-refractivity contribution is 5.17. The number of hydrogen-bond acceptors (Lipinski definition) is 2. The summed E-state index contributed by atoms with van der Waals surface area (Å²) >= 11 is 0. The molecule has 0 spiro atoms. The van der Waals surface area contributed by atoms with E-state index in [-0.39, 0.29) is 12.1 Å². The monoisotopic (exact) mass is 204 g/mol. The second kappa shape index (κ2) is 3.62. The van der Waals surface area contributed by atoms with Crippen molar-refractivity contribution in [2.75, 3.05) is 0 Å². The van der Waals surface area contributed by atoms with Gasteiger partial charge in [0.1, 0.15) is 0 Å². The summed E-state index contributed by atoms with van der Waals surface area (Å²) in [6.45, 7) is 0. The normalized spacial score (nSPS) is 11.1. The minimum Gasteiger partial charge on any atom is -0.244 e. The minimum atomic E-state index is -4.82. The Kier molecular flexibility index (Phi) is 2.70. The van der Waals surface area contributed by atoms with Crippen molar-refractivity contribution in [1.82, 2.24) is 4.98 Å². The van der Waals surface area contributed by atoms with E-state index in [1.807, 2.05) is 0 Å². The standard InChI is InChI=1S/C8H4F4N2/c9-6-2-1-5(3-4-13)14-7(6)8(10,11)12/h1-2H,3H2. The Morgan fingerprint density at radius 3 is 2.50 bits per heavy atom. The van der Waals surface area contributed by atoms with E-state index in [0.29, 0.717) is 6.07 Å². The van der Waals surface area contributed by atoms with Gasteiger partial charge in [0, 0.05) is 0 Å². The van der Waals surface area contributed by atoms with Crippen LogP contribution in [0.5, 0.6) is 0 Å². The van der Waals surface area contributed by atoms with Crippen molar-refractivity contribution in [3.8, 4) is 6.07 Å². The summed E-state index contributed by atoms with van der Waals surface area (Å²) in [5, 5.41) is 8.22. The summed E-state index contributed by atoms with van der Waals surface area (Å²) in [6.07, 6.45) is -5.10. The summed E-state index contributed by atoms with van der Waals surface area (Å²) in [5.74, 6) is -1.43. The van der Waals surface area contributed by atoms with Crippen molar-refractivity contribution in [3.05, 3.63) is 29.3 Å². The maximum Gasteiger partial charge on any atom is 0.436 e. The summed E-state index contributed by atoms with van der Waals surface area (Å²) < 4.78 is 48.9. The van der Waals surface area contributed by atoms with Crippen LogP contribution >= 0.6 is 0 Å². The topological polar surface area (TPSA) is 36.7 Å². The maximum absolute atomic E-state index is 12.6. The van der Waals surface area contributed by atoms with E-state index in [0.717, 1.165) is 6.07 Å². The number of hydrogen-bond donors (Lipinski definition) is 0. The van der Waals surface area contributed by atoms with Crippen LogP contribution in [0.2, 0.25) is 0 Å². The molecule has 1 heterocycles. The molecule has 0 aromatic carbocycles. The zero-order chi connectivity index (χ0) is 10.8. The molecule has 2 nitrogen and oxygen atoms in total. The highest BCUT2D eigenvalue weighted by Crippen LogP contribution is 2.29. The van der Waals surface area contributed by atoms with Gasteiger partial charge in [-0.2, -0.15) is 18.4 Å². The fourth-order valence-corrected chi connectivity index (χ4v) is 0.861. The zero-order valence-electron chi connectivity index (χ0n) is 6.77. The largest absolute Gasteiger partial charge is 0.436 e. The third-order valence-electron chi connectivity index (χ3n) is 1.43. The average molecular weight is 204 g/mol. The van der Waals surface area contributed by atoms with Gasteiger partial charge in [-0.05, 0) is 12.1 Å². The molecule has 74 valence electrons. The molecule has 0 saturated heterocycles. The van der Waals surface area contributed by atoms with Crippen LogP contribution < -0.4 is 0 Å². The van der Waals surface area contributed by atoms with Crippen molar-refractivity contribution in [3.63, 3.8) is 0 Å². The molecule has 0 fully saturated rings. The summed E-state index contributed by atoms with van der Waals surface area (Å²) in [5.41, 5.74) is -1.67. The minimum absolute atomic E-state index is 0.0961. The number of alkyl halides is 3. The van der Waals surface area contributed by atoms with E-state index in [9.17, 15) is 17.6 Å². The van der Waals surface area contributed by atoms with Crippen LogP contribution in [0, 0.1) is 17.1 Å². The van der Waals surface area contributed by atoms with Gasteiger partial charge in [-0.25, -0.2) is 9.37 Å². The average Bonchev–Trinajstić information content (AvgIpc) is 2.07. The van der Waals surface area contributed by atoms with Crippen LogP contribution in [0.1, 0.15) is 11.4 Å². The molecular formula is C8H4F4N2. The molecule has 0 aliphatic heterocycles. The van der Waals surface area contributed by atoms with Crippen molar-refractivity contribution >= 4 is 0 Å². The summed E-state index contributed by atoms with van der Waals surface area (Å²) in [7, 11) is 0. The van der Waals surface area contributed by atoms with E-state index < -0.39 is 17.7 Å². The number of rotatable bonds is 1. The van der Waals surface area contributed by atoms with Gasteiger partial charge in [-0.15, -0.1) is 0 Å². The second-order valence-corrected chi connectivity index (χ2v) is 2.47. The molecular weight excluding hydrogens is 200 g/mol. The first-order chi connectivity index (χ1) is 6.45. The predicted octanol–water partition coefficient (Wildman–Crippen LogP) is 2.31. The first-order valence-corrected chi connectivity index (χ1v) is 3.54. The van der Waals surface area contributed by atoms with Gasteiger partial charge < -0.3 is 0 Å². The van der Waals surface area contributed by atoms with E-state index >= 15 is 0 Å². The molecule has 0 amide bonds. The quantitative estimate of drug-likeness (QED) is 0.658. The Labute approximate surface area is 76.8 Å². The van der Waals surface area contributed by atoms with Gasteiger partial charge in [0.05, 0.1) is 18.2 Å². The summed E-state index contributed by atoms with van der Waals surface area (Å²) in [6, 6.07) is 3.33. The highest BCUT2D eigenvalue weighted by Gasteiger charge is 2.36. The van der Waals surface area contributed by atoms with E-state index in [1.165, 1.54) is 0 Å².